The second kappa shape index (κ2) is 4.90. The van der Waals surface area contributed by atoms with Crippen molar-refractivity contribution in [2.45, 2.75) is 6.42 Å². The molecule has 0 saturated heterocycles. The van der Waals surface area contributed by atoms with Gasteiger partial charge < -0.3 is 0 Å². The summed E-state index contributed by atoms with van der Waals surface area (Å²) in [6.45, 7) is 0. The number of alkyl halides is 1. The molecule has 10 heavy (non-hydrogen) atoms. The van der Waals surface area contributed by atoms with Crippen molar-refractivity contribution < 1.29 is 4.57 Å². The Kier molecular flexibility index (Phi) is 5.45. The van der Waals surface area contributed by atoms with Crippen molar-refractivity contribution in [1.82, 2.24) is 0 Å². The van der Waals surface area contributed by atoms with E-state index in [-0.39, 0.29) is 0 Å². The maximum atomic E-state index is 10.9. The van der Waals surface area contributed by atoms with Gasteiger partial charge in [-0.05, 0) is 28.9 Å². The summed E-state index contributed by atoms with van der Waals surface area (Å²) in [6, 6.07) is 0. The van der Waals surface area contributed by atoms with Crippen molar-refractivity contribution in [2.24, 2.45) is 0 Å². The van der Waals surface area contributed by atoms with Gasteiger partial charge in [-0.2, -0.15) is 0 Å². The van der Waals surface area contributed by atoms with E-state index in [0.717, 1.165) is 5.54 Å². The van der Waals surface area contributed by atoms with Crippen LogP contribution in [0.5, 0.6) is 0 Å². The van der Waals surface area contributed by atoms with E-state index in [0.29, 0.717) is 17.6 Å². The molecule has 0 aromatic rings. The van der Waals surface area contributed by atoms with Crippen LogP contribution in [0.4, 0.5) is 0 Å². The van der Waals surface area contributed by atoms with Gasteiger partial charge in [0.1, 0.15) is 0 Å². The molecule has 0 bridgehead atoms. The molecule has 6 heteroatoms. The molecule has 0 spiro atoms. The normalized spacial score (nSPS) is 13.8. The van der Waals surface area contributed by atoms with Crippen molar-refractivity contribution >= 4 is 51.5 Å². The van der Waals surface area contributed by atoms with Crippen molar-refractivity contribution in [3.63, 3.8) is 0 Å². The van der Waals surface area contributed by atoms with Crippen molar-refractivity contribution in [2.75, 3.05) is 5.88 Å². The summed E-state index contributed by atoms with van der Waals surface area (Å²) < 4.78 is 10.9. The van der Waals surface area contributed by atoms with Gasteiger partial charge >= 0.3 is 0 Å². The average molecular weight is 242 g/mol. The standard InChI is InChI=1S/C4H5Cl4OP/c5-2-1-4(3-6)10(7,8)9/h3H,1-2H2/b4-3+. The number of hydrogen-bond acceptors (Lipinski definition) is 1. The Bertz CT molecular complexity index is 172. The van der Waals surface area contributed by atoms with Gasteiger partial charge in [-0.25, -0.2) is 0 Å². The third-order valence-corrected chi connectivity index (χ3v) is 3.74. The van der Waals surface area contributed by atoms with Gasteiger partial charge in [0.25, 0.3) is 5.85 Å². The Hall–Kier alpha value is 1.13. The molecule has 60 valence electrons. The van der Waals surface area contributed by atoms with Crippen LogP contribution in [0.25, 0.3) is 0 Å². The van der Waals surface area contributed by atoms with Gasteiger partial charge in [-0.15, -0.1) is 11.6 Å². The van der Waals surface area contributed by atoms with Crippen molar-refractivity contribution in [1.29, 1.82) is 0 Å². The van der Waals surface area contributed by atoms with E-state index in [9.17, 15) is 4.57 Å². The molecule has 0 aliphatic heterocycles. The van der Waals surface area contributed by atoms with Gasteiger partial charge in [0, 0.05) is 16.7 Å². The molecule has 0 atom stereocenters. The average Bonchev–Trinajstić information content (AvgIpc) is 1.80. The number of rotatable bonds is 3. The molecule has 0 N–H and O–H groups in total. The Morgan fingerprint density at radius 1 is 1.50 bits per heavy atom. The molecular weight excluding hydrogens is 237 g/mol. The van der Waals surface area contributed by atoms with Gasteiger partial charge in [0.2, 0.25) is 0 Å². The Morgan fingerprint density at radius 3 is 2.10 bits per heavy atom. The molecule has 0 saturated carbocycles. The molecule has 0 aliphatic carbocycles. The SMILES string of the molecule is O=P(Cl)(Cl)/C(=C/Cl)CCCl. The van der Waals surface area contributed by atoms with Crippen molar-refractivity contribution in [3.8, 4) is 0 Å². The Morgan fingerprint density at radius 2 is 2.00 bits per heavy atom. The molecular formula is C4H5Cl4OP. The molecule has 0 unspecified atom stereocenters. The van der Waals surface area contributed by atoms with Crippen LogP contribution >= 0.6 is 51.5 Å². The fourth-order valence-corrected chi connectivity index (χ4v) is 2.78. The maximum absolute atomic E-state index is 10.9. The first-order chi connectivity index (χ1) is 4.52. The van der Waals surface area contributed by atoms with Crippen LogP contribution < -0.4 is 0 Å². The van der Waals surface area contributed by atoms with E-state index in [1.807, 2.05) is 0 Å². The molecule has 0 amide bonds. The van der Waals surface area contributed by atoms with Gasteiger partial charge in [0.05, 0.1) is 0 Å². The van der Waals surface area contributed by atoms with E-state index in [4.69, 9.17) is 45.7 Å². The van der Waals surface area contributed by atoms with Crippen LogP contribution in [0.15, 0.2) is 10.8 Å². The summed E-state index contributed by atoms with van der Waals surface area (Å²) in [7, 11) is 0. The zero-order chi connectivity index (χ0) is 8.20. The van der Waals surface area contributed by atoms with E-state index in [2.05, 4.69) is 0 Å². The van der Waals surface area contributed by atoms with E-state index < -0.39 is 5.85 Å². The Balaban J connectivity index is 4.25. The second-order valence-corrected chi connectivity index (χ2v) is 6.97. The molecule has 1 nitrogen and oxygen atoms in total. The van der Waals surface area contributed by atoms with Gasteiger partial charge in [-0.3, -0.25) is 4.57 Å². The third kappa shape index (κ3) is 4.10. The molecule has 0 aromatic carbocycles. The molecule has 0 aliphatic rings. The minimum absolute atomic E-state index is 0.299. The lowest BCUT2D eigenvalue weighted by Gasteiger charge is -2.02. The summed E-state index contributed by atoms with van der Waals surface area (Å²) >= 11 is 21.2. The quantitative estimate of drug-likeness (QED) is 0.530. The third-order valence-electron chi connectivity index (χ3n) is 0.811. The molecule has 0 fully saturated rings. The second-order valence-electron chi connectivity index (χ2n) is 1.50. The van der Waals surface area contributed by atoms with E-state index in [1.165, 1.54) is 0 Å². The molecule has 0 rings (SSSR count). The largest absolute Gasteiger partial charge is 0.284 e. The summed E-state index contributed by atoms with van der Waals surface area (Å²) in [5.74, 6) is -2.90. The fourth-order valence-electron chi connectivity index (χ4n) is 0.338. The smallest absolute Gasteiger partial charge is 0.278 e. The topological polar surface area (TPSA) is 17.1 Å². The van der Waals surface area contributed by atoms with Crippen molar-refractivity contribution in [3.05, 3.63) is 10.8 Å². The monoisotopic (exact) mass is 240 g/mol. The minimum Gasteiger partial charge on any atom is -0.284 e. The highest BCUT2D eigenvalue weighted by molar-refractivity contribution is 8.11. The van der Waals surface area contributed by atoms with Gasteiger partial charge in [-0.1, -0.05) is 11.6 Å². The zero-order valence-electron chi connectivity index (χ0n) is 4.86. The summed E-state index contributed by atoms with van der Waals surface area (Å²) in [4.78, 5) is 0. The number of halogens is 4. The van der Waals surface area contributed by atoms with Gasteiger partial charge in [0.15, 0.2) is 0 Å². The predicted molar refractivity (Wildman–Crippen MR) is 48.6 cm³/mol. The van der Waals surface area contributed by atoms with Crippen LogP contribution in [0.3, 0.4) is 0 Å². The number of allylic oxidation sites excluding steroid dienone is 1. The van der Waals surface area contributed by atoms with Crippen LogP contribution in [-0.2, 0) is 4.57 Å². The van der Waals surface area contributed by atoms with E-state index in [1.54, 1.807) is 0 Å². The lowest BCUT2D eigenvalue weighted by atomic mass is 10.5. The highest BCUT2D eigenvalue weighted by atomic mass is 35.9. The van der Waals surface area contributed by atoms with Crippen LogP contribution in [0, 0.1) is 0 Å². The van der Waals surface area contributed by atoms with Crippen LogP contribution in [0.2, 0.25) is 0 Å². The first-order valence-corrected chi connectivity index (χ1v) is 6.86. The summed E-state index contributed by atoms with van der Waals surface area (Å²) in [5, 5.41) is 0.299. The van der Waals surface area contributed by atoms with Crippen LogP contribution in [-0.4, -0.2) is 5.88 Å². The van der Waals surface area contributed by atoms with Crippen LogP contribution in [0.1, 0.15) is 6.42 Å². The number of hydrogen-bond donors (Lipinski definition) is 0. The highest BCUT2D eigenvalue weighted by Crippen LogP contribution is 2.64. The summed E-state index contributed by atoms with van der Waals surface area (Å²) in [6.07, 6.45) is 0.356. The first kappa shape index (κ1) is 11.1. The predicted octanol–water partition coefficient (Wildman–Crippen LogP) is 4.37. The molecule has 0 heterocycles. The molecule has 0 radical (unpaired) electrons. The summed E-state index contributed by atoms with van der Waals surface area (Å²) in [5.41, 5.74) is 1.11. The minimum atomic E-state index is -3.20. The van der Waals surface area contributed by atoms with E-state index >= 15 is 0 Å². The lowest BCUT2D eigenvalue weighted by Crippen LogP contribution is -1.77. The fraction of sp³-hybridized carbons (Fsp3) is 0.500. The lowest BCUT2D eigenvalue weighted by molar-refractivity contribution is 0.595. The Labute approximate surface area is 79.2 Å². The maximum Gasteiger partial charge on any atom is 0.278 e. The molecule has 0 aromatic heterocycles. The first-order valence-electron chi connectivity index (χ1n) is 2.37. The highest BCUT2D eigenvalue weighted by Gasteiger charge is 2.19. The zero-order valence-corrected chi connectivity index (χ0v) is 8.78.